The Labute approximate surface area is 217 Å². The maximum Gasteiger partial charge on any atom is 0.327 e. The zero-order valence-corrected chi connectivity index (χ0v) is 24.9. The average molecular weight is 566 g/mol. The Bertz CT molecular complexity index is 466. The molecule has 8 nitrogen and oxygen atoms in total. The van der Waals surface area contributed by atoms with Crippen molar-refractivity contribution in [2.75, 3.05) is 40.8 Å². The summed E-state index contributed by atoms with van der Waals surface area (Å²) >= 11 is 0. The van der Waals surface area contributed by atoms with Gasteiger partial charge in [-0.3, -0.25) is 9.13 Å². The Morgan fingerprint density at radius 1 is 0.774 bits per heavy atom. The second-order valence-electron chi connectivity index (χ2n) is 6.79. The zero-order valence-electron chi connectivity index (χ0n) is 20.3. The smallest absolute Gasteiger partial charge is 0.327 e. The van der Waals surface area contributed by atoms with Crippen LogP contribution in [-0.4, -0.2) is 65.2 Å². The van der Waals surface area contributed by atoms with E-state index in [9.17, 15) is 9.13 Å². The molecule has 2 heterocycles. The summed E-state index contributed by atoms with van der Waals surface area (Å²) in [5.74, 6) is 0. The molecule has 0 N–H and O–H groups in total. The summed E-state index contributed by atoms with van der Waals surface area (Å²) in [5, 5.41) is 0. The van der Waals surface area contributed by atoms with Crippen molar-refractivity contribution < 1.29 is 69.4 Å². The standard InChI is InChI=1S/2C8H17O4P.C2H6.CH4.CH3.Y/c2*1-7-4-5-8(12-7)6-11-13(3,9)10-2;1-2;;;/h2*7-8H,4-6H2,1-3H3;1-2H3;1H4;1H3;/q;;;;-1;. The van der Waals surface area contributed by atoms with Gasteiger partial charge in [0.2, 0.25) is 0 Å². The van der Waals surface area contributed by atoms with Crippen molar-refractivity contribution in [3.05, 3.63) is 7.43 Å². The summed E-state index contributed by atoms with van der Waals surface area (Å²) in [6.45, 7) is 11.7. The predicted molar refractivity (Wildman–Crippen MR) is 125 cm³/mol. The molecule has 0 aromatic heterocycles. The van der Waals surface area contributed by atoms with E-state index in [-0.39, 0.29) is 59.8 Å². The molecule has 11 heteroatoms. The van der Waals surface area contributed by atoms with Gasteiger partial charge >= 0.3 is 15.2 Å². The molecular weight excluding hydrogens is 519 g/mol. The molecule has 0 aromatic rings. The first-order valence-electron chi connectivity index (χ1n) is 9.93. The summed E-state index contributed by atoms with van der Waals surface area (Å²) in [5.41, 5.74) is 0. The summed E-state index contributed by atoms with van der Waals surface area (Å²) in [6.07, 6.45) is 4.82. The van der Waals surface area contributed by atoms with Crippen LogP contribution in [0.2, 0.25) is 0 Å². The largest absolute Gasteiger partial charge is 0.373 e. The van der Waals surface area contributed by atoms with Gasteiger partial charge in [-0.25, -0.2) is 0 Å². The van der Waals surface area contributed by atoms with Crippen LogP contribution in [-0.2, 0) is 69.4 Å². The van der Waals surface area contributed by atoms with E-state index < -0.39 is 15.2 Å². The SMILES string of the molecule is C.CC.COP(C)(=O)OCC1CCC(C)O1.COP(C)(=O)OCC1CCC(C)O1.[CH3-].[Y]. The molecule has 0 spiro atoms. The molecule has 2 rings (SSSR count). The topological polar surface area (TPSA) is 89.5 Å². The molecule has 31 heavy (non-hydrogen) atoms. The molecule has 2 aliphatic rings. The Hall–Kier alpha value is 1.32. The third-order valence-electron chi connectivity index (χ3n) is 4.29. The maximum atomic E-state index is 11.3. The van der Waals surface area contributed by atoms with E-state index >= 15 is 0 Å². The zero-order chi connectivity index (χ0) is 21.8. The predicted octanol–water partition coefficient (Wildman–Crippen LogP) is 6.19. The number of hydrogen-bond donors (Lipinski definition) is 0. The molecule has 2 saturated heterocycles. The van der Waals surface area contributed by atoms with Crippen molar-refractivity contribution in [2.24, 2.45) is 0 Å². The minimum atomic E-state index is -2.83. The fraction of sp³-hybridized carbons (Fsp3) is 0.950. The molecule has 0 aromatic carbocycles. The van der Waals surface area contributed by atoms with Gasteiger partial charge in [-0.15, -0.1) is 0 Å². The van der Waals surface area contributed by atoms with Gasteiger partial charge in [0.15, 0.2) is 0 Å². The van der Waals surface area contributed by atoms with Crippen molar-refractivity contribution in [3.63, 3.8) is 0 Å². The molecule has 0 aliphatic carbocycles. The van der Waals surface area contributed by atoms with Gasteiger partial charge in [0.05, 0.1) is 37.6 Å². The normalized spacial score (nSPS) is 28.0. The van der Waals surface area contributed by atoms with E-state index in [0.717, 1.165) is 25.7 Å². The van der Waals surface area contributed by atoms with E-state index in [0.29, 0.717) is 25.4 Å². The van der Waals surface area contributed by atoms with Gasteiger partial charge in [0.1, 0.15) is 0 Å². The van der Waals surface area contributed by atoms with Crippen molar-refractivity contribution in [2.45, 2.75) is 85.2 Å². The molecule has 2 aliphatic heterocycles. The van der Waals surface area contributed by atoms with Crippen molar-refractivity contribution in [1.29, 1.82) is 0 Å². The van der Waals surface area contributed by atoms with Gasteiger partial charge in [-0.2, -0.15) is 0 Å². The Morgan fingerprint density at radius 3 is 1.26 bits per heavy atom. The van der Waals surface area contributed by atoms with E-state index in [1.54, 1.807) is 0 Å². The third-order valence-corrected chi connectivity index (χ3v) is 6.86. The maximum absolute atomic E-state index is 11.3. The van der Waals surface area contributed by atoms with Crippen LogP contribution in [0.4, 0.5) is 0 Å². The molecule has 0 saturated carbocycles. The Kier molecular flexibility index (Phi) is 26.4. The van der Waals surface area contributed by atoms with Crippen LogP contribution in [0.25, 0.3) is 0 Å². The molecule has 1 radical (unpaired) electrons. The third kappa shape index (κ3) is 19.3. The quantitative estimate of drug-likeness (QED) is 0.254. The van der Waals surface area contributed by atoms with Crippen molar-refractivity contribution in [3.8, 4) is 0 Å². The van der Waals surface area contributed by atoms with E-state index in [2.05, 4.69) is 0 Å². The van der Waals surface area contributed by atoms with E-state index in [1.807, 2.05) is 27.7 Å². The fourth-order valence-corrected chi connectivity index (χ4v) is 3.64. The molecule has 0 bridgehead atoms. The van der Waals surface area contributed by atoms with Crippen LogP contribution >= 0.6 is 15.2 Å². The first-order chi connectivity index (χ1) is 13.1. The molecular formula is C20H47O8P2Y-. The number of ether oxygens (including phenoxy) is 2. The number of rotatable bonds is 8. The van der Waals surface area contributed by atoms with Crippen LogP contribution in [0.3, 0.4) is 0 Å². The monoisotopic (exact) mass is 566 g/mol. The van der Waals surface area contributed by atoms with Gasteiger partial charge in [0.25, 0.3) is 0 Å². The summed E-state index contributed by atoms with van der Waals surface area (Å²) in [4.78, 5) is 0. The van der Waals surface area contributed by atoms with E-state index in [1.165, 1.54) is 27.5 Å². The molecule has 6 atom stereocenters. The summed E-state index contributed by atoms with van der Waals surface area (Å²) in [7, 11) is -2.88. The molecule has 0 amide bonds. The second-order valence-corrected chi connectivity index (χ2v) is 11.1. The fourth-order valence-electron chi connectivity index (χ4n) is 2.56. The van der Waals surface area contributed by atoms with Gasteiger partial charge in [0, 0.05) is 60.3 Å². The minimum Gasteiger partial charge on any atom is -0.373 e. The van der Waals surface area contributed by atoms with Crippen LogP contribution in [0.5, 0.6) is 0 Å². The van der Waals surface area contributed by atoms with Gasteiger partial charge < -0.3 is 35.0 Å². The van der Waals surface area contributed by atoms with E-state index in [4.69, 9.17) is 27.6 Å². The summed E-state index contributed by atoms with van der Waals surface area (Å²) in [6, 6.07) is 0. The summed E-state index contributed by atoms with van der Waals surface area (Å²) < 4.78 is 53.3. The first-order valence-corrected chi connectivity index (χ1v) is 13.9. The Balaban J connectivity index is -0.000000200. The van der Waals surface area contributed by atoms with Crippen molar-refractivity contribution in [1.82, 2.24) is 0 Å². The van der Waals surface area contributed by atoms with Crippen LogP contribution in [0.15, 0.2) is 0 Å². The van der Waals surface area contributed by atoms with Gasteiger partial charge in [-0.1, -0.05) is 21.3 Å². The second kappa shape index (κ2) is 20.7. The molecule has 6 unspecified atom stereocenters. The number of hydrogen-bond acceptors (Lipinski definition) is 8. The molecule has 189 valence electrons. The Morgan fingerprint density at radius 2 is 1.06 bits per heavy atom. The average Bonchev–Trinajstić information content (AvgIpc) is 3.29. The van der Waals surface area contributed by atoms with Crippen LogP contribution < -0.4 is 0 Å². The first kappa shape index (κ1) is 39.5. The van der Waals surface area contributed by atoms with Crippen LogP contribution in [0, 0.1) is 7.43 Å². The van der Waals surface area contributed by atoms with Crippen molar-refractivity contribution >= 4 is 15.2 Å². The minimum absolute atomic E-state index is 0. The van der Waals surface area contributed by atoms with Crippen LogP contribution in [0.1, 0.15) is 60.8 Å². The van der Waals surface area contributed by atoms with Gasteiger partial charge in [-0.05, 0) is 39.5 Å². The molecule has 2 fully saturated rings.